The molecule has 0 atom stereocenters. The van der Waals surface area contributed by atoms with Gasteiger partial charge in [-0.15, -0.1) is 0 Å². The summed E-state index contributed by atoms with van der Waals surface area (Å²) in [6.07, 6.45) is 1.35. The second-order valence-electron chi connectivity index (χ2n) is 5.96. The van der Waals surface area contributed by atoms with E-state index in [0.717, 1.165) is 5.56 Å². The Kier molecular flexibility index (Phi) is 6.22. The van der Waals surface area contributed by atoms with E-state index in [1.54, 1.807) is 18.2 Å². The molecule has 0 unspecified atom stereocenters. The number of nitro groups is 1. The Bertz CT molecular complexity index is 1130. The molecule has 3 aromatic rings. The maximum absolute atomic E-state index is 12.3. The smallest absolute Gasteiger partial charge is 0.270 e. The molecule has 0 spiro atoms. The van der Waals surface area contributed by atoms with Crippen LogP contribution in [0.2, 0.25) is 0 Å². The van der Waals surface area contributed by atoms with Gasteiger partial charge in [0.15, 0.2) is 0 Å². The van der Waals surface area contributed by atoms with Crippen LogP contribution in [0.3, 0.4) is 0 Å². The van der Waals surface area contributed by atoms with Gasteiger partial charge in [-0.3, -0.25) is 14.9 Å². The Morgan fingerprint density at radius 1 is 1.21 bits per heavy atom. The number of furan rings is 1. The van der Waals surface area contributed by atoms with Crippen molar-refractivity contribution < 1.29 is 14.1 Å². The standard InChI is InChI=1S/C21H14BrN3O4/c22-19-11-16(25(27)28)6-8-18(19)20-9-7-17(29-20)10-15(12-23)21(26)24-13-14-4-2-1-3-5-14/h1-11H,13H2,(H,24,26)/b15-10+. The predicted molar refractivity (Wildman–Crippen MR) is 110 cm³/mol. The van der Waals surface area contributed by atoms with Crippen LogP contribution in [0.5, 0.6) is 0 Å². The molecule has 0 aliphatic rings. The van der Waals surface area contributed by atoms with E-state index in [1.165, 1.54) is 18.2 Å². The largest absolute Gasteiger partial charge is 0.457 e. The SMILES string of the molecule is N#C/C(=C\c1ccc(-c2ccc([N+](=O)[O-])cc2Br)o1)C(=O)NCc1ccccc1. The summed E-state index contributed by atoms with van der Waals surface area (Å²) < 4.78 is 6.19. The van der Waals surface area contributed by atoms with Crippen molar-refractivity contribution in [1.29, 1.82) is 5.26 Å². The van der Waals surface area contributed by atoms with Gasteiger partial charge in [0.1, 0.15) is 23.2 Å². The molecule has 1 amide bonds. The molecular formula is C21H14BrN3O4. The zero-order valence-corrected chi connectivity index (χ0v) is 16.5. The average Bonchev–Trinajstić information content (AvgIpc) is 3.19. The first-order valence-electron chi connectivity index (χ1n) is 8.46. The Labute approximate surface area is 174 Å². The number of halogens is 1. The van der Waals surface area contributed by atoms with Crippen molar-refractivity contribution in [2.45, 2.75) is 6.54 Å². The second kappa shape index (κ2) is 8.99. The minimum absolute atomic E-state index is 0.0471. The number of non-ortho nitro benzene ring substituents is 1. The van der Waals surface area contributed by atoms with Gasteiger partial charge in [0, 0.05) is 34.8 Å². The number of nitrogens with zero attached hydrogens (tertiary/aromatic N) is 2. The van der Waals surface area contributed by atoms with Crippen molar-refractivity contribution in [2.24, 2.45) is 0 Å². The number of hydrogen-bond donors (Lipinski definition) is 1. The number of hydrogen-bond acceptors (Lipinski definition) is 5. The van der Waals surface area contributed by atoms with Gasteiger partial charge in [0.05, 0.1) is 4.92 Å². The maximum atomic E-state index is 12.3. The highest BCUT2D eigenvalue weighted by Gasteiger charge is 2.14. The first-order chi connectivity index (χ1) is 14.0. The summed E-state index contributed by atoms with van der Waals surface area (Å²) in [7, 11) is 0. The minimum atomic E-state index is -0.509. The first kappa shape index (κ1) is 20.0. The molecule has 0 aliphatic heterocycles. The molecule has 29 heavy (non-hydrogen) atoms. The molecule has 1 N–H and O–H groups in total. The number of nitriles is 1. The second-order valence-corrected chi connectivity index (χ2v) is 6.82. The van der Waals surface area contributed by atoms with Gasteiger partial charge in [0.2, 0.25) is 0 Å². The van der Waals surface area contributed by atoms with E-state index < -0.39 is 10.8 Å². The number of nitrogens with one attached hydrogen (secondary N) is 1. The summed E-state index contributed by atoms with van der Waals surface area (Å²) >= 11 is 3.30. The third kappa shape index (κ3) is 4.97. The third-order valence-corrected chi connectivity index (χ3v) is 4.66. The fraction of sp³-hybridized carbons (Fsp3) is 0.0476. The summed E-state index contributed by atoms with van der Waals surface area (Å²) in [4.78, 5) is 22.6. The highest BCUT2D eigenvalue weighted by atomic mass is 79.9. The monoisotopic (exact) mass is 451 g/mol. The van der Waals surface area contributed by atoms with Crippen LogP contribution >= 0.6 is 15.9 Å². The summed E-state index contributed by atoms with van der Waals surface area (Å²) in [5.74, 6) is 0.252. The molecule has 0 bridgehead atoms. The van der Waals surface area contributed by atoms with Crippen molar-refractivity contribution in [2.75, 3.05) is 0 Å². The number of carbonyl (C=O) groups is 1. The van der Waals surface area contributed by atoms with Gasteiger partial charge in [-0.2, -0.15) is 5.26 Å². The minimum Gasteiger partial charge on any atom is -0.457 e. The quantitative estimate of drug-likeness (QED) is 0.249. The van der Waals surface area contributed by atoms with E-state index in [-0.39, 0.29) is 11.3 Å². The van der Waals surface area contributed by atoms with E-state index in [2.05, 4.69) is 21.2 Å². The highest BCUT2D eigenvalue weighted by Crippen LogP contribution is 2.32. The number of amides is 1. The summed E-state index contributed by atoms with van der Waals surface area (Å²) in [5, 5.41) is 22.9. The van der Waals surface area contributed by atoms with E-state index in [4.69, 9.17) is 4.42 Å². The molecule has 1 heterocycles. The zero-order valence-electron chi connectivity index (χ0n) is 15.0. The Morgan fingerprint density at radius 3 is 2.62 bits per heavy atom. The van der Waals surface area contributed by atoms with Gasteiger partial charge in [-0.25, -0.2) is 0 Å². The normalized spacial score (nSPS) is 11.0. The molecule has 2 aromatic carbocycles. The van der Waals surface area contributed by atoms with Gasteiger partial charge in [0.25, 0.3) is 11.6 Å². The molecule has 7 nitrogen and oxygen atoms in total. The summed E-state index contributed by atoms with van der Waals surface area (Å²) in [6.45, 7) is 0.303. The first-order valence-corrected chi connectivity index (χ1v) is 9.25. The highest BCUT2D eigenvalue weighted by molar-refractivity contribution is 9.10. The van der Waals surface area contributed by atoms with Crippen molar-refractivity contribution >= 4 is 33.6 Å². The lowest BCUT2D eigenvalue weighted by atomic mass is 10.1. The zero-order chi connectivity index (χ0) is 20.8. The van der Waals surface area contributed by atoms with Crippen LogP contribution < -0.4 is 5.32 Å². The third-order valence-electron chi connectivity index (χ3n) is 4.00. The average molecular weight is 452 g/mol. The van der Waals surface area contributed by atoms with Crippen molar-refractivity contribution in [1.82, 2.24) is 5.32 Å². The molecule has 1 aromatic heterocycles. The molecule has 144 valence electrons. The van der Waals surface area contributed by atoms with E-state index in [9.17, 15) is 20.2 Å². The molecule has 0 aliphatic carbocycles. The fourth-order valence-corrected chi connectivity index (χ4v) is 3.12. The van der Waals surface area contributed by atoms with Crippen LogP contribution in [0.25, 0.3) is 17.4 Å². The molecule has 0 saturated heterocycles. The number of nitro benzene ring substituents is 1. The van der Waals surface area contributed by atoms with Crippen molar-refractivity contribution in [3.8, 4) is 17.4 Å². The maximum Gasteiger partial charge on any atom is 0.270 e. The van der Waals surface area contributed by atoms with Crippen LogP contribution in [0.15, 0.2) is 75.1 Å². The lowest BCUT2D eigenvalue weighted by Crippen LogP contribution is -2.23. The Hall–Kier alpha value is -3.70. The fourth-order valence-electron chi connectivity index (χ4n) is 2.56. The number of carbonyl (C=O) groups excluding carboxylic acids is 1. The molecular weight excluding hydrogens is 438 g/mol. The van der Waals surface area contributed by atoms with Crippen LogP contribution in [-0.2, 0) is 11.3 Å². The van der Waals surface area contributed by atoms with Gasteiger partial charge in [-0.1, -0.05) is 30.3 Å². The lowest BCUT2D eigenvalue weighted by Gasteiger charge is -2.04. The van der Waals surface area contributed by atoms with Gasteiger partial charge < -0.3 is 9.73 Å². The number of benzene rings is 2. The van der Waals surface area contributed by atoms with E-state index in [0.29, 0.717) is 28.1 Å². The van der Waals surface area contributed by atoms with Gasteiger partial charge in [-0.05, 0) is 39.7 Å². The van der Waals surface area contributed by atoms with Crippen molar-refractivity contribution in [3.05, 3.63) is 92.1 Å². The van der Waals surface area contributed by atoms with Gasteiger partial charge >= 0.3 is 0 Å². The summed E-state index contributed by atoms with van der Waals surface area (Å²) in [6, 6.07) is 18.8. The lowest BCUT2D eigenvalue weighted by molar-refractivity contribution is -0.384. The molecule has 8 heteroatoms. The Balaban J connectivity index is 1.76. The predicted octanol–water partition coefficient (Wildman–Crippen LogP) is 4.84. The van der Waals surface area contributed by atoms with E-state index in [1.807, 2.05) is 36.4 Å². The molecule has 0 saturated carbocycles. The van der Waals surface area contributed by atoms with Crippen LogP contribution in [0.4, 0.5) is 5.69 Å². The van der Waals surface area contributed by atoms with Crippen LogP contribution in [-0.4, -0.2) is 10.8 Å². The summed E-state index contributed by atoms with van der Waals surface area (Å²) in [5.41, 5.74) is 1.39. The Morgan fingerprint density at radius 2 is 1.97 bits per heavy atom. The molecule has 0 fully saturated rings. The van der Waals surface area contributed by atoms with E-state index >= 15 is 0 Å². The molecule has 0 radical (unpaired) electrons. The van der Waals surface area contributed by atoms with Crippen LogP contribution in [0.1, 0.15) is 11.3 Å². The van der Waals surface area contributed by atoms with Crippen LogP contribution in [0, 0.1) is 21.4 Å². The number of rotatable bonds is 6. The van der Waals surface area contributed by atoms with Crippen molar-refractivity contribution in [3.63, 3.8) is 0 Å². The topological polar surface area (TPSA) is 109 Å². The molecule has 3 rings (SSSR count).